The van der Waals surface area contributed by atoms with E-state index in [1.54, 1.807) is 24.3 Å². The van der Waals surface area contributed by atoms with Crippen LogP contribution in [-0.4, -0.2) is 37.4 Å². The second kappa shape index (κ2) is 8.86. The molecule has 1 atom stereocenters. The first kappa shape index (κ1) is 23.1. The first-order chi connectivity index (χ1) is 16.9. The van der Waals surface area contributed by atoms with Gasteiger partial charge in [0.15, 0.2) is 16.9 Å². The number of ether oxygens (including phenoxy) is 3. The average molecular weight is 514 g/mol. The maximum absolute atomic E-state index is 13.8. The third kappa shape index (κ3) is 3.60. The van der Waals surface area contributed by atoms with E-state index in [0.717, 1.165) is 5.01 Å². The lowest BCUT2D eigenvalue weighted by molar-refractivity contribution is 0.0970. The summed E-state index contributed by atoms with van der Waals surface area (Å²) in [5, 5.41) is 10.2. The van der Waals surface area contributed by atoms with Gasteiger partial charge in [0, 0.05) is 5.02 Å². The number of hydrogen-bond donors (Lipinski definition) is 0. The Labute approximate surface area is 208 Å². The van der Waals surface area contributed by atoms with Gasteiger partial charge in [-0.1, -0.05) is 29.9 Å². The highest BCUT2D eigenvalue weighted by atomic mass is 35.5. The van der Waals surface area contributed by atoms with Crippen LogP contribution in [0.1, 0.15) is 39.7 Å². The molecule has 0 bridgehead atoms. The van der Waals surface area contributed by atoms with Gasteiger partial charge < -0.3 is 18.6 Å². The topological polar surface area (TPSA) is 104 Å². The smallest absolute Gasteiger partial charge is 0.297 e. The zero-order chi connectivity index (χ0) is 24.9. The van der Waals surface area contributed by atoms with E-state index in [9.17, 15) is 9.59 Å². The zero-order valence-corrected chi connectivity index (χ0v) is 20.8. The summed E-state index contributed by atoms with van der Waals surface area (Å²) in [4.78, 5) is 28.9. The summed E-state index contributed by atoms with van der Waals surface area (Å²) in [5.41, 5.74) is 0.628. The van der Waals surface area contributed by atoms with Crippen LogP contribution in [0, 0.1) is 0 Å². The molecule has 11 heteroatoms. The highest BCUT2D eigenvalue weighted by molar-refractivity contribution is 7.15. The Bertz CT molecular complexity index is 1510. The predicted octanol–water partition coefficient (Wildman–Crippen LogP) is 4.64. The van der Waals surface area contributed by atoms with Gasteiger partial charge in [-0.2, -0.15) is 0 Å². The lowest BCUT2D eigenvalue weighted by atomic mass is 9.98. The monoisotopic (exact) mass is 513 g/mol. The first-order valence-electron chi connectivity index (χ1n) is 10.6. The molecule has 35 heavy (non-hydrogen) atoms. The van der Waals surface area contributed by atoms with Crippen molar-refractivity contribution in [3.05, 3.63) is 67.5 Å². The molecule has 180 valence electrons. The van der Waals surface area contributed by atoms with Gasteiger partial charge in [0.1, 0.15) is 10.6 Å². The largest absolute Gasteiger partial charge is 0.493 e. The third-order valence-electron chi connectivity index (χ3n) is 5.80. The second-order valence-electron chi connectivity index (χ2n) is 7.68. The summed E-state index contributed by atoms with van der Waals surface area (Å²) < 4.78 is 22.5. The van der Waals surface area contributed by atoms with Crippen molar-refractivity contribution in [2.45, 2.75) is 19.4 Å². The quantitative estimate of drug-likeness (QED) is 0.367. The molecule has 0 spiro atoms. The highest BCUT2D eigenvalue weighted by Gasteiger charge is 2.45. The Morgan fingerprint density at radius 3 is 2.37 bits per heavy atom. The lowest BCUT2D eigenvalue weighted by Crippen LogP contribution is -2.29. The maximum atomic E-state index is 13.8. The van der Waals surface area contributed by atoms with Crippen molar-refractivity contribution in [3.8, 4) is 17.2 Å². The zero-order valence-electron chi connectivity index (χ0n) is 19.2. The van der Waals surface area contributed by atoms with Crippen LogP contribution in [0.4, 0.5) is 5.13 Å². The van der Waals surface area contributed by atoms with Gasteiger partial charge in [-0.05, 0) is 42.3 Å². The van der Waals surface area contributed by atoms with Gasteiger partial charge in [-0.25, -0.2) is 0 Å². The van der Waals surface area contributed by atoms with Crippen molar-refractivity contribution < 1.29 is 23.4 Å². The molecule has 0 aliphatic carbocycles. The van der Waals surface area contributed by atoms with Gasteiger partial charge in [0.25, 0.3) is 5.91 Å². The summed E-state index contributed by atoms with van der Waals surface area (Å²) in [6, 6.07) is 7.23. The van der Waals surface area contributed by atoms with Crippen LogP contribution < -0.4 is 24.5 Å². The molecular formula is C24H20ClN3O6S. The minimum atomic E-state index is -0.872. The number of nitrogens with zero attached hydrogens (tertiary/aromatic N) is 3. The fourth-order valence-electron chi connectivity index (χ4n) is 4.20. The number of carbonyl (C=O) groups excluding carboxylic acids is 1. The number of fused-ring (bicyclic) bond motifs is 2. The molecule has 0 radical (unpaired) electrons. The number of anilines is 1. The highest BCUT2D eigenvalue weighted by Crippen LogP contribution is 2.46. The van der Waals surface area contributed by atoms with Crippen LogP contribution in [0.2, 0.25) is 5.02 Å². The molecule has 1 unspecified atom stereocenters. The maximum Gasteiger partial charge on any atom is 0.297 e. The fourth-order valence-corrected chi connectivity index (χ4v) is 5.18. The van der Waals surface area contributed by atoms with Gasteiger partial charge in [-0.3, -0.25) is 14.5 Å². The molecule has 2 aromatic heterocycles. The number of halogens is 1. The molecule has 0 fully saturated rings. The molecule has 0 N–H and O–H groups in total. The minimum absolute atomic E-state index is 0.0585. The van der Waals surface area contributed by atoms with Crippen molar-refractivity contribution >= 4 is 44.9 Å². The van der Waals surface area contributed by atoms with Gasteiger partial charge >= 0.3 is 0 Å². The van der Waals surface area contributed by atoms with Crippen LogP contribution in [-0.2, 0) is 6.42 Å². The Hall–Kier alpha value is -3.63. The summed E-state index contributed by atoms with van der Waals surface area (Å²) in [6.45, 7) is 1.95. The summed E-state index contributed by atoms with van der Waals surface area (Å²) in [7, 11) is 4.49. The lowest BCUT2D eigenvalue weighted by Gasteiger charge is -2.24. The molecule has 3 heterocycles. The number of rotatable bonds is 6. The molecule has 1 amide bonds. The van der Waals surface area contributed by atoms with Crippen LogP contribution in [0.3, 0.4) is 0 Å². The molecule has 4 aromatic rings. The second-order valence-corrected chi connectivity index (χ2v) is 9.16. The van der Waals surface area contributed by atoms with Crippen LogP contribution in [0.5, 0.6) is 17.2 Å². The predicted molar refractivity (Wildman–Crippen MR) is 132 cm³/mol. The summed E-state index contributed by atoms with van der Waals surface area (Å²) in [5.74, 6) is 0.588. The SMILES string of the molecule is CCc1nnc(N2C(=O)c3oc4ccc(Cl)cc4c(=O)c3C2c2cc(OC)c(OC)c(OC)c2)s1. The number of aryl methyl sites for hydroxylation is 1. The van der Waals surface area contributed by atoms with E-state index in [4.69, 9.17) is 30.2 Å². The molecular weight excluding hydrogens is 494 g/mol. The van der Waals surface area contributed by atoms with Crippen molar-refractivity contribution in [2.75, 3.05) is 26.2 Å². The number of benzene rings is 2. The standard InChI is InChI=1S/C24H20ClN3O6S/c1-5-17-26-27-24(35-17)28-19(11-8-15(31-2)21(33-4)16(9-11)32-3)18-20(29)13-10-12(25)6-7-14(13)34-22(18)23(28)30/h6-10,19H,5H2,1-4H3. The van der Waals surface area contributed by atoms with E-state index in [0.29, 0.717) is 39.4 Å². The number of carbonyl (C=O) groups is 1. The van der Waals surface area contributed by atoms with E-state index in [2.05, 4.69) is 10.2 Å². The Morgan fingerprint density at radius 2 is 1.77 bits per heavy atom. The molecule has 0 saturated carbocycles. The molecule has 5 rings (SSSR count). The van der Waals surface area contributed by atoms with E-state index in [-0.39, 0.29) is 27.7 Å². The van der Waals surface area contributed by atoms with Crippen LogP contribution in [0.25, 0.3) is 11.0 Å². The molecule has 2 aromatic carbocycles. The molecule has 1 aliphatic heterocycles. The summed E-state index contributed by atoms with van der Waals surface area (Å²) >= 11 is 7.43. The molecule has 0 saturated heterocycles. The average Bonchev–Trinajstić information content (AvgIpc) is 3.46. The fraction of sp³-hybridized carbons (Fsp3) is 0.250. The van der Waals surface area contributed by atoms with E-state index >= 15 is 0 Å². The normalized spacial score (nSPS) is 14.9. The van der Waals surface area contributed by atoms with E-state index < -0.39 is 11.9 Å². The van der Waals surface area contributed by atoms with Crippen molar-refractivity contribution in [2.24, 2.45) is 0 Å². The number of methoxy groups -OCH3 is 3. The van der Waals surface area contributed by atoms with E-state index in [1.807, 2.05) is 6.92 Å². The van der Waals surface area contributed by atoms with Crippen LogP contribution in [0.15, 0.2) is 39.5 Å². The van der Waals surface area contributed by atoms with Gasteiger partial charge in [0.2, 0.25) is 16.6 Å². The number of hydrogen-bond acceptors (Lipinski definition) is 9. The Balaban J connectivity index is 1.83. The van der Waals surface area contributed by atoms with Crippen molar-refractivity contribution in [3.63, 3.8) is 0 Å². The van der Waals surface area contributed by atoms with Crippen LogP contribution >= 0.6 is 22.9 Å². The number of amides is 1. The molecule has 9 nitrogen and oxygen atoms in total. The Morgan fingerprint density at radius 1 is 1.06 bits per heavy atom. The first-order valence-corrected chi connectivity index (χ1v) is 11.8. The number of aromatic nitrogens is 2. The van der Waals surface area contributed by atoms with Gasteiger partial charge in [0.05, 0.1) is 38.3 Å². The van der Waals surface area contributed by atoms with Gasteiger partial charge in [-0.15, -0.1) is 10.2 Å². The molecule has 1 aliphatic rings. The third-order valence-corrected chi connectivity index (χ3v) is 7.10. The Kier molecular flexibility index (Phi) is 5.86. The minimum Gasteiger partial charge on any atom is -0.493 e. The van der Waals surface area contributed by atoms with Crippen molar-refractivity contribution in [1.29, 1.82) is 0 Å². The summed E-state index contributed by atoms with van der Waals surface area (Å²) in [6.07, 6.45) is 0.654. The van der Waals surface area contributed by atoms with E-state index in [1.165, 1.54) is 43.6 Å². The van der Waals surface area contributed by atoms with Crippen molar-refractivity contribution in [1.82, 2.24) is 10.2 Å².